The Morgan fingerprint density at radius 1 is 1.62 bits per heavy atom. The normalized spacial score (nSPS) is 9.77. The third kappa shape index (κ3) is 1.98. The van der Waals surface area contributed by atoms with Crippen LogP contribution in [0.4, 0.5) is 10.8 Å². The molecule has 0 bridgehead atoms. The van der Waals surface area contributed by atoms with E-state index in [4.69, 9.17) is 0 Å². The molecule has 0 fully saturated rings. The number of carbonyl (C=O) groups excluding carboxylic acids is 1. The molecule has 1 aromatic rings. The van der Waals surface area contributed by atoms with Crippen molar-refractivity contribution < 1.29 is 4.79 Å². The minimum atomic E-state index is 0.650. The Morgan fingerprint density at radius 2 is 2.31 bits per heavy atom. The summed E-state index contributed by atoms with van der Waals surface area (Å²) in [5, 5.41) is 3.95. The molecule has 1 aromatic heterocycles. The molecule has 1 N–H and O–H groups in total. The number of nitrogens with one attached hydrogen (secondary N) is 1. The number of aldehydes is 1. The summed E-state index contributed by atoms with van der Waals surface area (Å²) < 4.78 is 4.18. The number of aromatic nitrogens is 1. The Hall–Kier alpha value is -1.10. The van der Waals surface area contributed by atoms with Crippen LogP contribution in [-0.2, 0) is 0 Å². The molecule has 0 spiro atoms. The number of carbonyl (C=O) groups is 1. The fraction of sp³-hybridized carbons (Fsp3) is 0.500. The lowest BCUT2D eigenvalue weighted by Gasteiger charge is -2.08. The van der Waals surface area contributed by atoms with Crippen LogP contribution in [0.3, 0.4) is 0 Å². The highest BCUT2D eigenvalue weighted by Gasteiger charge is 2.13. The molecule has 5 heteroatoms. The number of nitrogens with zero attached hydrogens (tertiary/aromatic N) is 2. The maximum Gasteiger partial charge on any atom is 0.156 e. The van der Waals surface area contributed by atoms with E-state index in [9.17, 15) is 4.79 Å². The zero-order valence-corrected chi connectivity index (χ0v) is 8.81. The van der Waals surface area contributed by atoms with Crippen LogP contribution in [-0.4, -0.2) is 31.3 Å². The largest absolute Gasteiger partial charge is 0.375 e. The lowest BCUT2D eigenvalue weighted by Crippen LogP contribution is -2.11. The Kier molecular flexibility index (Phi) is 3.25. The monoisotopic (exact) mass is 199 g/mol. The maximum atomic E-state index is 10.8. The van der Waals surface area contributed by atoms with Crippen LogP contribution in [0.1, 0.15) is 17.3 Å². The molecule has 0 amide bonds. The molecular weight excluding hydrogens is 186 g/mol. The van der Waals surface area contributed by atoms with E-state index in [1.54, 1.807) is 0 Å². The van der Waals surface area contributed by atoms with Crippen LogP contribution in [0.15, 0.2) is 0 Å². The molecule has 13 heavy (non-hydrogen) atoms. The van der Waals surface area contributed by atoms with Crippen molar-refractivity contribution in [3.8, 4) is 0 Å². The van der Waals surface area contributed by atoms with Crippen molar-refractivity contribution in [1.82, 2.24) is 4.37 Å². The fourth-order valence-corrected chi connectivity index (χ4v) is 1.89. The van der Waals surface area contributed by atoms with E-state index in [1.165, 1.54) is 11.5 Å². The van der Waals surface area contributed by atoms with Gasteiger partial charge in [0.25, 0.3) is 0 Å². The first-order chi connectivity index (χ1) is 6.20. The van der Waals surface area contributed by atoms with E-state index in [-0.39, 0.29) is 0 Å². The summed E-state index contributed by atoms with van der Waals surface area (Å²) in [5.41, 5.74) is 0.650. The van der Waals surface area contributed by atoms with Crippen LogP contribution in [0.25, 0.3) is 0 Å². The van der Waals surface area contributed by atoms with Crippen molar-refractivity contribution in [2.75, 3.05) is 30.9 Å². The Morgan fingerprint density at radius 3 is 2.77 bits per heavy atom. The number of anilines is 2. The van der Waals surface area contributed by atoms with Gasteiger partial charge in [-0.05, 0) is 18.5 Å². The third-order valence-electron chi connectivity index (χ3n) is 1.59. The number of rotatable bonds is 4. The van der Waals surface area contributed by atoms with E-state index < -0.39 is 0 Å². The SMILES string of the molecule is CCNc1snc(N(C)C)c1C=O. The quantitative estimate of drug-likeness (QED) is 0.745. The fourth-order valence-electron chi connectivity index (χ4n) is 1.01. The number of hydrogen-bond acceptors (Lipinski definition) is 5. The second-order valence-electron chi connectivity index (χ2n) is 2.79. The van der Waals surface area contributed by atoms with Crippen molar-refractivity contribution in [1.29, 1.82) is 0 Å². The molecule has 0 unspecified atom stereocenters. The predicted molar refractivity (Wildman–Crippen MR) is 56.0 cm³/mol. The molecule has 4 nitrogen and oxygen atoms in total. The van der Waals surface area contributed by atoms with Crippen LogP contribution >= 0.6 is 11.5 Å². The minimum Gasteiger partial charge on any atom is -0.375 e. The molecule has 0 aromatic carbocycles. The Labute approximate surface area is 81.7 Å². The minimum absolute atomic E-state index is 0.650. The molecule has 0 aliphatic carbocycles. The highest BCUT2D eigenvalue weighted by atomic mass is 32.1. The smallest absolute Gasteiger partial charge is 0.156 e. The average molecular weight is 199 g/mol. The van der Waals surface area contributed by atoms with Crippen LogP contribution in [0.5, 0.6) is 0 Å². The van der Waals surface area contributed by atoms with Gasteiger partial charge in [-0.3, -0.25) is 4.79 Å². The van der Waals surface area contributed by atoms with Gasteiger partial charge < -0.3 is 10.2 Å². The van der Waals surface area contributed by atoms with Crippen molar-refractivity contribution in [3.63, 3.8) is 0 Å². The van der Waals surface area contributed by atoms with Gasteiger partial charge in [-0.25, -0.2) is 0 Å². The third-order valence-corrected chi connectivity index (χ3v) is 2.40. The maximum absolute atomic E-state index is 10.8. The average Bonchev–Trinajstić information content (AvgIpc) is 2.48. The first-order valence-corrected chi connectivity index (χ1v) is 4.84. The van der Waals surface area contributed by atoms with Gasteiger partial charge in [0, 0.05) is 20.6 Å². The summed E-state index contributed by atoms with van der Waals surface area (Å²) in [7, 11) is 3.75. The van der Waals surface area contributed by atoms with Gasteiger partial charge >= 0.3 is 0 Å². The van der Waals surface area contributed by atoms with E-state index in [0.29, 0.717) is 5.56 Å². The van der Waals surface area contributed by atoms with E-state index in [1.807, 2.05) is 25.9 Å². The molecular formula is C8H13N3OS. The Bertz CT molecular complexity index is 296. The van der Waals surface area contributed by atoms with Crippen molar-refractivity contribution in [2.24, 2.45) is 0 Å². The van der Waals surface area contributed by atoms with E-state index in [2.05, 4.69) is 9.69 Å². The summed E-state index contributed by atoms with van der Waals surface area (Å²) in [6, 6.07) is 0. The Balaban J connectivity index is 3.03. The molecule has 0 saturated heterocycles. The van der Waals surface area contributed by atoms with Gasteiger partial charge in [0.2, 0.25) is 0 Å². The van der Waals surface area contributed by atoms with Gasteiger partial charge in [-0.2, -0.15) is 4.37 Å². The van der Waals surface area contributed by atoms with Gasteiger partial charge in [0.15, 0.2) is 12.1 Å². The van der Waals surface area contributed by atoms with E-state index >= 15 is 0 Å². The summed E-state index contributed by atoms with van der Waals surface area (Å²) in [5.74, 6) is 0.732. The molecule has 0 radical (unpaired) electrons. The van der Waals surface area contributed by atoms with E-state index in [0.717, 1.165) is 23.6 Å². The summed E-state index contributed by atoms with van der Waals surface area (Å²) >= 11 is 1.32. The summed E-state index contributed by atoms with van der Waals surface area (Å²) in [6.45, 7) is 2.79. The molecule has 72 valence electrons. The standard InChI is InChI=1S/C8H13N3OS/c1-4-9-8-6(5-12)7(10-13-8)11(2)3/h5,9H,4H2,1-3H3. The van der Waals surface area contributed by atoms with Crippen LogP contribution in [0, 0.1) is 0 Å². The lowest BCUT2D eigenvalue weighted by molar-refractivity contribution is 0.112. The van der Waals surface area contributed by atoms with Gasteiger partial charge in [0.1, 0.15) is 5.00 Å². The first kappa shape index (κ1) is 9.98. The molecule has 0 atom stereocenters. The summed E-state index contributed by atoms with van der Waals surface area (Å²) in [6.07, 6.45) is 0.844. The zero-order valence-electron chi connectivity index (χ0n) is 8.00. The topological polar surface area (TPSA) is 45.2 Å². The molecule has 1 rings (SSSR count). The van der Waals surface area contributed by atoms with Crippen molar-refractivity contribution in [2.45, 2.75) is 6.92 Å². The second-order valence-corrected chi connectivity index (χ2v) is 3.56. The lowest BCUT2D eigenvalue weighted by atomic mass is 10.3. The van der Waals surface area contributed by atoms with Crippen molar-refractivity contribution >= 4 is 28.6 Å². The highest BCUT2D eigenvalue weighted by Crippen LogP contribution is 2.28. The number of hydrogen-bond donors (Lipinski definition) is 1. The van der Waals surface area contributed by atoms with Gasteiger partial charge in [-0.15, -0.1) is 0 Å². The van der Waals surface area contributed by atoms with Crippen molar-refractivity contribution in [3.05, 3.63) is 5.56 Å². The first-order valence-electron chi connectivity index (χ1n) is 4.06. The molecule has 0 aliphatic heterocycles. The second kappa shape index (κ2) is 4.23. The predicted octanol–water partition coefficient (Wildman–Crippen LogP) is 1.45. The van der Waals surface area contributed by atoms with Crippen LogP contribution in [0.2, 0.25) is 0 Å². The zero-order chi connectivity index (χ0) is 9.84. The molecule has 1 heterocycles. The van der Waals surface area contributed by atoms with Crippen LogP contribution < -0.4 is 10.2 Å². The molecule has 0 saturated carbocycles. The van der Waals surface area contributed by atoms with Gasteiger partial charge in [-0.1, -0.05) is 0 Å². The summed E-state index contributed by atoms with van der Waals surface area (Å²) in [4.78, 5) is 12.6. The highest BCUT2D eigenvalue weighted by molar-refractivity contribution is 7.11. The molecule has 0 aliphatic rings. The van der Waals surface area contributed by atoms with Gasteiger partial charge in [0.05, 0.1) is 5.56 Å².